The Balaban J connectivity index is 2.35. The van der Waals surface area contributed by atoms with Crippen LogP contribution < -0.4 is 5.32 Å². The highest BCUT2D eigenvalue weighted by Crippen LogP contribution is 2.33. The third-order valence-electron chi connectivity index (χ3n) is 3.13. The van der Waals surface area contributed by atoms with E-state index in [9.17, 15) is 20.2 Å². The highest BCUT2D eigenvalue weighted by atomic mass is 35.5. The van der Waals surface area contributed by atoms with Crippen molar-refractivity contribution in [1.82, 2.24) is 0 Å². The second-order valence-corrected chi connectivity index (χ2v) is 5.01. The second-order valence-electron chi connectivity index (χ2n) is 4.60. The highest BCUT2D eigenvalue weighted by molar-refractivity contribution is 6.31. The van der Waals surface area contributed by atoms with E-state index in [1.54, 1.807) is 25.1 Å². The van der Waals surface area contributed by atoms with Crippen LogP contribution in [-0.4, -0.2) is 9.85 Å². The number of hydrogen-bond donors (Lipinski definition) is 1. The fourth-order valence-corrected chi connectivity index (χ4v) is 2.34. The quantitative estimate of drug-likeness (QED) is 0.652. The molecule has 0 bridgehead atoms. The summed E-state index contributed by atoms with van der Waals surface area (Å²) in [6.07, 6.45) is 0. The van der Waals surface area contributed by atoms with Crippen LogP contribution in [0.25, 0.3) is 0 Å². The molecule has 0 saturated heterocycles. The zero-order chi connectivity index (χ0) is 16.3. The molecule has 0 unspecified atom stereocenters. The van der Waals surface area contributed by atoms with Crippen molar-refractivity contribution >= 4 is 28.7 Å². The van der Waals surface area contributed by atoms with Crippen LogP contribution in [0, 0.1) is 20.2 Å². The van der Waals surface area contributed by atoms with Gasteiger partial charge in [-0.15, -0.1) is 0 Å². The van der Waals surface area contributed by atoms with E-state index in [2.05, 4.69) is 5.32 Å². The molecule has 1 N–H and O–H groups in total. The van der Waals surface area contributed by atoms with Crippen molar-refractivity contribution < 1.29 is 9.85 Å². The van der Waals surface area contributed by atoms with Gasteiger partial charge in [0.05, 0.1) is 22.0 Å². The van der Waals surface area contributed by atoms with Crippen LogP contribution in [0.15, 0.2) is 42.5 Å². The van der Waals surface area contributed by atoms with Crippen LogP contribution in [0.3, 0.4) is 0 Å². The van der Waals surface area contributed by atoms with E-state index >= 15 is 0 Å². The van der Waals surface area contributed by atoms with Crippen LogP contribution >= 0.6 is 11.6 Å². The van der Waals surface area contributed by atoms with E-state index in [0.29, 0.717) is 5.02 Å². The first-order valence-electron chi connectivity index (χ1n) is 6.34. The molecule has 22 heavy (non-hydrogen) atoms. The zero-order valence-corrected chi connectivity index (χ0v) is 12.3. The Kier molecular flexibility index (Phi) is 4.57. The van der Waals surface area contributed by atoms with Gasteiger partial charge in [0, 0.05) is 11.1 Å². The summed E-state index contributed by atoms with van der Waals surface area (Å²) < 4.78 is 0. The van der Waals surface area contributed by atoms with Crippen molar-refractivity contribution in [3.63, 3.8) is 0 Å². The minimum absolute atomic E-state index is 0.197. The van der Waals surface area contributed by atoms with Crippen LogP contribution in [0.4, 0.5) is 17.1 Å². The van der Waals surface area contributed by atoms with E-state index in [0.717, 1.165) is 11.6 Å². The molecule has 0 aliphatic carbocycles. The molecule has 1 atom stereocenters. The number of nitrogens with one attached hydrogen (secondary N) is 1. The molecule has 2 rings (SSSR count). The Labute approximate surface area is 130 Å². The number of rotatable bonds is 5. The van der Waals surface area contributed by atoms with E-state index < -0.39 is 9.85 Å². The van der Waals surface area contributed by atoms with Gasteiger partial charge in [-0.3, -0.25) is 20.2 Å². The normalized spacial score (nSPS) is 11.7. The van der Waals surface area contributed by atoms with Gasteiger partial charge in [0.1, 0.15) is 5.69 Å². The summed E-state index contributed by atoms with van der Waals surface area (Å²) in [5.41, 5.74) is 0.288. The zero-order valence-electron chi connectivity index (χ0n) is 11.5. The molecule has 8 heteroatoms. The summed E-state index contributed by atoms with van der Waals surface area (Å²) >= 11 is 6.09. The van der Waals surface area contributed by atoms with Crippen LogP contribution in [0.2, 0.25) is 5.02 Å². The van der Waals surface area contributed by atoms with Gasteiger partial charge in [-0.05, 0) is 24.6 Å². The molecule has 0 aliphatic heterocycles. The van der Waals surface area contributed by atoms with Gasteiger partial charge in [0.2, 0.25) is 0 Å². The number of anilines is 1. The van der Waals surface area contributed by atoms with Crippen LogP contribution in [0.5, 0.6) is 0 Å². The molecule has 7 nitrogen and oxygen atoms in total. The Hall–Kier alpha value is -2.67. The number of nitrogens with zero attached hydrogens (tertiary/aromatic N) is 2. The van der Waals surface area contributed by atoms with Gasteiger partial charge in [-0.2, -0.15) is 0 Å². The van der Waals surface area contributed by atoms with Gasteiger partial charge in [-0.25, -0.2) is 0 Å². The van der Waals surface area contributed by atoms with Crippen molar-refractivity contribution in [2.24, 2.45) is 0 Å². The topological polar surface area (TPSA) is 98.3 Å². The summed E-state index contributed by atoms with van der Waals surface area (Å²) in [5, 5.41) is 25.3. The summed E-state index contributed by atoms with van der Waals surface area (Å²) in [6.45, 7) is 1.80. The molecule has 0 spiro atoms. The standard InChI is InChI=1S/C14H12ClN3O4/c1-9(11-4-2-3-5-12(11)15)16-13-7-6-10(17(19)20)8-14(13)18(21)22/h2-9,16H,1H3/t9-/m1/s1. The summed E-state index contributed by atoms with van der Waals surface area (Å²) in [6, 6.07) is 10.3. The molecule has 0 aromatic heterocycles. The van der Waals surface area contributed by atoms with Crippen molar-refractivity contribution in [2.45, 2.75) is 13.0 Å². The van der Waals surface area contributed by atoms with E-state index in [-0.39, 0.29) is 23.1 Å². The molecular weight excluding hydrogens is 310 g/mol. The molecule has 0 fully saturated rings. The van der Waals surface area contributed by atoms with Gasteiger partial charge in [0.25, 0.3) is 11.4 Å². The van der Waals surface area contributed by atoms with E-state index in [4.69, 9.17) is 11.6 Å². The van der Waals surface area contributed by atoms with Crippen molar-refractivity contribution in [2.75, 3.05) is 5.32 Å². The molecule has 0 heterocycles. The number of benzene rings is 2. The summed E-state index contributed by atoms with van der Waals surface area (Å²) in [4.78, 5) is 20.5. The molecule has 0 aliphatic rings. The smallest absolute Gasteiger partial charge is 0.299 e. The summed E-state index contributed by atoms with van der Waals surface area (Å²) in [5.74, 6) is 0. The van der Waals surface area contributed by atoms with Crippen LogP contribution in [0.1, 0.15) is 18.5 Å². The SMILES string of the molecule is C[C@@H](Nc1ccc([N+](=O)[O-])cc1[N+](=O)[O-])c1ccccc1Cl. The predicted molar refractivity (Wildman–Crippen MR) is 83.2 cm³/mol. The average Bonchev–Trinajstić information content (AvgIpc) is 2.47. The lowest BCUT2D eigenvalue weighted by molar-refractivity contribution is -0.393. The Morgan fingerprint density at radius 3 is 2.36 bits per heavy atom. The minimum atomic E-state index is -0.672. The number of nitro benzene ring substituents is 2. The van der Waals surface area contributed by atoms with Crippen molar-refractivity contribution in [3.05, 3.63) is 73.3 Å². The molecule has 2 aromatic carbocycles. The number of nitro groups is 2. The largest absolute Gasteiger partial charge is 0.373 e. The Morgan fingerprint density at radius 2 is 1.77 bits per heavy atom. The maximum atomic E-state index is 11.1. The first-order chi connectivity index (χ1) is 10.4. The van der Waals surface area contributed by atoms with E-state index in [1.807, 2.05) is 6.07 Å². The number of halogens is 1. The molecule has 2 aromatic rings. The number of non-ortho nitro benzene ring substituents is 1. The number of hydrogen-bond acceptors (Lipinski definition) is 5. The fraction of sp³-hybridized carbons (Fsp3) is 0.143. The van der Waals surface area contributed by atoms with Crippen molar-refractivity contribution in [1.29, 1.82) is 0 Å². The maximum absolute atomic E-state index is 11.1. The van der Waals surface area contributed by atoms with Crippen LogP contribution in [-0.2, 0) is 0 Å². The molecular formula is C14H12ClN3O4. The predicted octanol–water partition coefficient (Wildman–Crippen LogP) is 4.33. The maximum Gasteiger partial charge on any atom is 0.299 e. The Morgan fingerprint density at radius 1 is 1.09 bits per heavy atom. The molecule has 0 radical (unpaired) electrons. The second kappa shape index (κ2) is 6.40. The van der Waals surface area contributed by atoms with Gasteiger partial charge in [0.15, 0.2) is 0 Å². The average molecular weight is 322 g/mol. The van der Waals surface area contributed by atoms with Gasteiger partial charge < -0.3 is 5.32 Å². The first-order valence-corrected chi connectivity index (χ1v) is 6.71. The van der Waals surface area contributed by atoms with Gasteiger partial charge >= 0.3 is 0 Å². The molecule has 114 valence electrons. The monoisotopic (exact) mass is 321 g/mol. The molecule has 0 amide bonds. The molecule has 0 saturated carbocycles. The van der Waals surface area contributed by atoms with Crippen molar-refractivity contribution in [3.8, 4) is 0 Å². The van der Waals surface area contributed by atoms with E-state index in [1.165, 1.54) is 12.1 Å². The lowest BCUT2D eigenvalue weighted by atomic mass is 10.1. The van der Waals surface area contributed by atoms with Gasteiger partial charge in [-0.1, -0.05) is 29.8 Å². The summed E-state index contributed by atoms with van der Waals surface area (Å²) in [7, 11) is 0. The minimum Gasteiger partial charge on any atom is -0.373 e. The lowest BCUT2D eigenvalue weighted by Gasteiger charge is -2.16. The Bertz CT molecular complexity index is 736. The first kappa shape index (κ1) is 15.7. The third kappa shape index (κ3) is 3.32. The third-order valence-corrected chi connectivity index (χ3v) is 3.48. The lowest BCUT2D eigenvalue weighted by Crippen LogP contribution is -2.09. The fourth-order valence-electron chi connectivity index (χ4n) is 2.04. The highest BCUT2D eigenvalue weighted by Gasteiger charge is 2.21.